The summed E-state index contributed by atoms with van der Waals surface area (Å²) < 4.78 is 7.25. The highest BCUT2D eigenvalue weighted by atomic mass is 32.1. The summed E-state index contributed by atoms with van der Waals surface area (Å²) in [5, 5.41) is 10.7. The molecule has 0 aliphatic carbocycles. The van der Waals surface area contributed by atoms with Gasteiger partial charge in [0.2, 0.25) is 0 Å². The molecule has 0 aliphatic heterocycles. The number of esters is 1. The molecule has 27 heavy (non-hydrogen) atoms. The summed E-state index contributed by atoms with van der Waals surface area (Å²) in [7, 11) is 1.29. The molecule has 1 aromatic carbocycles. The molecule has 3 aromatic rings. The largest absolute Gasteiger partial charge is 0.468 e. The Hall–Kier alpha value is -2.85. The molecule has 0 fully saturated rings. The van der Waals surface area contributed by atoms with E-state index in [1.165, 1.54) is 30.6 Å². The van der Waals surface area contributed by atoms with Gasteiger partial charge < -0.3 is 9.30 Å². The first-order valence-corrected chi connectivity index (χ1v) is 9.44. The van der Waals surface area contributed by atoms with Crippen molar-refractivity contribution in [3.8, 4) is 0 Å². The van der Waals surface area contributed by atoms with Crippen molar-refractivity contribution >= 4 is 49.8 Å². The van der Waals surface area contributed by atoms with Gasteiger partial charge in [-0.3, -0.25) is 19.7 Å². The second kappa shape index (κ2) is 7.41. The summed E-state index contributed by atoms with van der Waals surface area (Å²) in [5.41, 5.74) is 2.91. The van der Waals surface area contributed by atoms with Gasteiger partial charge in [-0.05, 0) is 43.2 Å². The summed E-state index contributed by atoms with van der Waals surface area (Å²) >= 11 is 2.04. The van der Waals surface area contributed by atoms with Crippen LogP contribution < -0.4 is 4.80 Å². The van der Waals surface area contributed by atoms with Gasteiger partial charge in [-0.1, -0.05) is 22.7 Å². The predicted molar refractivity (Wildman–Crippen MR) is 102 cm³/mol. The molecule has 0 bridgehead atoms. The molecule has 0 saturated carbocycles. The SMILES string of the molecule is COC(=O)Cn1c(=NC(=O)c2ccc([N+](=O)[O-])s2)sc2cc(C)c(C)cc21. The zero-order valence-electron chi connectivity index (χ0n) is 14.7. The number of hydrogen-bond acceptors (Lipinski definition) is 7. The average molecular weight is 405 g/mol. The number of carbonyl (C=O) groups is 2. The van der Waals surface area contributed by atoms with Gasteiger partial charge in [0, 0.05) is 6.07 Å². The van der Waals surface area contributed by atoms with Crippen molar-refractivity contribution in [1.29, 1.82) is 0 Å². The van der Waals surface area contributed by atoms with E-state index in [0.29, 0.717) is 4.80 Å². The van der Waals surface area contributed by atoms with E-state index in [-0.39, 0.29) is 16.4 Å². The number of carbonyl (C=O) groups excluding carboxylic acids is 2. The fourth-order valence-corrected chi connectivity index (χ4v) is 4.25. The first-order valence-electron chi connectivity index (χ1n) is 7.81. The van der Waals surface area contributed by atoms with Crippen molar-refractivity contribution in [1.82, 2.24) is 4.57 Å². The first-order chi connectivity index (χ1) is 12.8. The molecule has 0 N–H and O–H groups in total. The molecule has 3 rings (SSSR count). The third kappa shape index (κ3) is 3.81. The maximum atomic E-state index is 12.5. The Kier molecular flexibility index (Phi) is 5.19. The Labute approximate surface area is 161 Å². The van der Waals surface area contributed by atoms with Crippen molar-refractivity contribution in [3.05, 3.63) is 55.2 Å². The summed E-state index contributed by atoms with van der Waals surface area (Å²) in [6, 6.07) is 6.56. The Morgan fingerprint density at radius 3 is 2.56 bits per heavy atom. The Bertz CT molecular complexity index is 1140. The van der Waals surface area contributed by atoms with Crippen molar-refractivity contribution in [2.45, 2.75) is 20.4 Å². The Morgan fingerprint density at radius 1 is 1.22 bits per heavy atom. The summed E-state index contributed by atoms with van der Waals surface area (Å²) in [5.74, 6) is -1.06. The van der Waals surface area contributed by atoms with Crippen LogP contribution in [0.1, 0.15) is 20.8 Å². The van der Waals surface area contributed by atoms with Crippen molar-refractivity contribution in [2.24, 2.45) is 4.99 Å². The summed E-state index contributed by atoms with van der Waals surface area (Å²) in [6.07, 6.45) is 0. The highest BCUT2D eigenvalue weighted by Crippen LogP contribution is 2.25. The molecule has 0 unspecified atom stereocenters. The molecule has 0 radical (unpaired) electrons. The van der Waals surface area contributed by atoms with Crippen LogP contribution in [0.4, 0.5) is 5.00 Å². The van der Waals surface area contributed by atoms with Gasteiger partial charge in [-0.15, -0.1) is 0 Å². The Balaban J connectivity index is 2.14. The molecule has 0 atom stereocenters. The fourth-order valence-electron chi connectivity index (χ4n) is 2.44. The van der Waals surface area contributed by atoms with Crippen LogP contribution >= 0.6 is 22.7 Å². The van der Waals surface area contributed by atoms with E-state index in [9.17, 15) is 19.7 Å². The highest BCUT2D eigenvalue weighted by molar-refractivity contribution is 7.17. The molecule has 0 spiro atoms. The summed E-state index contributed by atoms with van der Waals surface area (Å²) in [4.78, 5) is 39.1. The number of thiazole rings is 1. The molecule has 0 saturated heterocycles. The van der Waals surface area contributed by atoms with Gasteiger partial charge >= 0.3 is 11.0 Å². The van der Waals surface area contributed by atoms with E-state index in [2.05, 4.69) is 4.99 Å². The van der Waals surface area contributed by atoms with Crippen molar-refractivity contribution in [3.63, 3.8) is 0 Å². The first kappa shape index (κ1) is 18.9. The van der Waals surface area contributed by atoms with Gasteiger partial charge in [0.15, 0.2) is 4.80 Å². The van der Waals surface area contributed by atoms with Crippen molar-refractivity contribution in [2.75, 3.05) is 7.11 Å². The van der Waals surface area contributed by atoms with E-state index in [0.717, 1.165) is 32.7 Å². The number of rotatable bonds is 4. The zero-order chi connectivity index (χ0) is 19.7. The van der Waals surface area contributed by atoms with Crippen LogP contribution in [0.2, 0.25) is 0 Å². The number of nitrogens with zero attached hydrogens (tertiary/aromatic N) is 3. The maximum Gasteiger partial charge on any atom is 0.325 e. The molecular formula is C17H15N3O5S2. The number of nitro groups is 1. The van der Waals surface area contributed by atoms with Crippen LogP contribution in [0.15, 0.2) is 29.3 Å². The normalized spacial score (nSPS) is 11.7. The molecule has 8 nitrogen and oxygen atoms in total. The minimum absolute atomic E-state index is 0.0876. The number of benzene rings is 1. The second-order valence-electron chi connectivity index (χ2n) is 5.76. The lowest BCUT2D eigenvalue weighted by atomic mass is 10.1. The lowest BCUT2D eigenvalue weighted by Gasteiger charge is -2.05. The smallest absolute Gasteiger partial charge is 0.325 e. The molecule has 1 amide bonds. The average Bonchev–Trinajstić information content (AvgIpc) is 3.22. The monoisotopic (exact) mass is 405 g/mol. The lowest BCUT2D eigenvalue weighted by Crippen LogP contribution is -2.22. The number of hydrogen-bond donors (Lipinski definition) is 0. The molecule has 140 valence electrons. The number of methoxy groups -OCH3 is 1. The quantitative estimate of drug-likeness (QED) is 0.377. The molecule has 0 aliphatic rings. The highest BCUT2D eigenvalue weighted by Gasteiger charge is 2.17. The van der Waals surface area contributed by atoms with E-state index < -0.39 is 16.8 Å². The molecular weight excluding hydrogens is 390 g/mol. The molecule has 2 aromatic heterocycles. The van der Waals surface area contributed by atoms with Crippen LogP contribution in [0, 0.1) is 24.0 Å². The lowest BCUT2D eigenvalue weighted by molar-refractivity contribution is -0.380. The standard InChI is InChI=1S/C17H15N3O5S2/c1-9-6-11-13(7-10(9)2)27-17(19(11)8-15(21)25-3)18-16(22)12-4-5-14(26-12)20(23)24/h4-7H,8H2,1-3H3. The number of aryl methyl sites for hydroxylation is 2. The van der Waals surface area contributed by atoms with Gasteiger partial charge in [0.1, 0.15) is 11.4 Å². The van der Waals surface area contributed by atoms with Crippen LogP contribution in [0.25, 0.3) is 10.2 Å². The number of fused-ring (bicyclic) bond motifs is 1. The minimum Gasteiger partial charge on any atom is -0.468 e. The van der Waals surface area contributed by atoms with E-state index >= 15 is 0 Å². The van der Waals surface area contributed by atoms with E-state index in [1.54, 1.807) is 4.57 Å². The predicted octanol–water partition coefficient (Wildman–Crippen LogP) is 3.20. The van der Waals surface area contributed by atoms with Gasteiger partial charge in [-0.25, -0.2) is 0 Å². The Morgan fingerprint density at radius 2 is 1.93 bits per heavy atom. The molecule has 2 heterocycles. The third-order valence-electron chi connectivity index (χ3n) is 3.99. The molecule has 10 heteroatoms. The number of thiophene rings is 1. The number of aromatic nitrogens is 1. The van der Waals surface area contributed by atoms with Crippen LogP contribution in [-0.2, 0) is 16.1 Å². The number of ether oxygens (including phenoxy) is 1. The number of amides is 1. The maximum absolute atomic E-state index is 12.5. The van der Waals surface area contributed by atoms with Crippen LogP contribution in [0.5, 0.6) is 0 Å². The van der Waals surface area contributed by atoms with Crippen LogP contribution in [0.3, 0.4) is 0 Å². The van der Waals surface area contributed by atoms with E-state index in [4.69, 9.17) is 4.74 Å². The van der Waals surface area contributed by atoms with Crippen molar-refractivity contribution < 1.29 is 19.2 Å². The van der Waals surface area contributed by atoms with Crippen LogP contribution in [-0.4, -0.2) is 28.5 Å². The minimum atomic E-state index is -0.591. The van der Waals surface area contributed by atoms with Gasteiger partial charge in [0.25, 0.3) is 5.91 Å². The second-order valence-corrected chi connectivity index (χ2v) is 7.83. The van der Waals surface area contributed by atoms with Gasteiger partial charge in [-0.2, -0.15) is 4.99 Å². The topological polar surface area (TPSA) is 104 Å². The van der Waals surface area contributed by atoms with E-state index in [1.807, 2.05) is 26.0 Å². The summed E-state index contributed by atoms with van der Waals surface area (Å²) in [6.45, 7) is 3.85. The zero-order valence-corrected chi connectivity index (χ0v) is 16.3. The third-order valence-corrected chi connectivity index (χ3v) is 6.06. The van der Waals surface area contributed by atoms with Gasteiger partial charge in [0.05, 0.1) is 22.2 Å². The fraction of sp³-hybridized carbons (Fsp3) is 0.235.